The minimum atomic E-state index is -3.41. The molecule has 0 bridgehead atoms. The van der Waals surface area contributed by atoms with Gasteiger partial charge < -0.3 is 0 Å². The Hall–Kier alpha value is -1.57. The average molecular weight is 377 g/mol. The van der Waals surface area contributed by atoms with Crippen LogP contribution in [-0.4, -0.2) is 23.4 Å². The van der Waals surface area contributed by atoms with E-state index in [1.165, 1.54) is 9.87 Å². The molecule has 2 aromatic rings. The quantitative estimate of drug-likeness (QED) is 0.592. The van der Waals surface area contributed by atoms with E-state index in [1.807, 2.05) is 32.0 Å². The molecule has 2 rings (SSSR count). The van der Waals surface area contributed by atoms with Crippen LogP contribution >= 0.6 is 0 Å². The van der Waals surface area contributed by atoms with Crippen LogP contribution in [0.3, 0.4) is 0 Å². The molecule has 0 unspecified atom stereocenters. The van der Waals surface area contributed by atoms with Crippen LogP contribution in [0.15, 0.2) is 76.2 Å². The summed E-state index contributed by atoms with van der Waals surface area (Å²) in [7, 11) is -3.41. The Balaban J connectivity index is 2.09. The summed E-state index contributed by atoms with van der Waals surface area (Å²) in [6.45, 7) is 3.85. The molecule has 0 atom stereocenters. The maximum absolute atomic E-state index is 12.2. The van der Waals surface area contributed by atoms with Crippen LogP contribution in [0.4, 0.5) is 0 Å². The van der Waals surface area contributed by atoms with E-state index in [-0.39, 0.29) is 0 Å². The second-order valence-corrected chi connectivity index (χ2v) is 9.00. The van der Waals surface area contributed by atoms with Gasteiger partial charge >= 0.3 is 139 Å². The molecule has 0 spiro atoms. The van der Waals surface area contributed by atoms with Crippen molar-refractivity contribution in [3.63, 3.8) is 0 Å². The first-order valence-electron chi connectivity index (χ1n) is 6.89. The molecule has 0 saturated carbocycles. The van der Waals surface area contributed by atoms with E-state index in [4.69, 9.17) is 0 Å². The van der Waals surface area contributed by atoms with Gasteiger partial charge in [0.1, 0.15) is 0 Å². The van der Waals surface area contributed by atoms with Crippen molar-refractivity contribution >= 4 is 29.3 Å². The van der Waals surface area contributed by atoms with Gasteiger partial charge in [0.15, 0.2) is 0 Å². The Morgan fingerprint density at radius 1 is 1.09 bits per heavy atom. The first-order valence-corrected chi connectivity index (χ1v) is 10.5. The average Bonchev–Trinajstić information content (AvgIpc) is 2.52. The van der Waals surface area contributed by atoms with Crippen molar-refractivity contribution < 1.29 is 8.42 Å². The summed E-state index contributed by atoms with van der Waals surface area (Å²) in [4.78, 5) is 0.312. The standard InChI is InChI=1S/C18H18O2SSe/c1-15-8-10-17(11-9-15)21(19,20)13-12-16(2)14-22-18-6-4-3-5-7-18/h3-11,13H,14H2,1-2H3. The number of allylic oxidation sites excluding steroid dienone is 1. The van der Waals surface area contributed by atoms with Crippen molar-refractivity contribution in [2.45, 2.75) is 24.1 Å². The van der Waals surface area contributed by atoms with Crippen molar-refractivity contribution in [2.24, 2.45) is 0 Å². The van der Waals surface area contributed by atoms with Crippen LogP contribution in [0.25, 0.3) is 0 Å². The molecule has 0 aromatic heterocycles. The number of hydrogen-bond donors (Lipinski definition) is 0. The predicted molar refractivity (Wildman–Crippen MR) is 92.3 cm³/mol. The Bertz CT molecular complexity index is 785. The van der Waals surface area contributed by atoms with E-state index in [0.717, 1.165) is 16.5 Å². The molecule has 2 nitrogen and oxygen atoms in total. The number of sulfone groups is 1. The van der Waals surface area contributed by atoms with Gasteiger partial charge in [0.2, 0.25) is 0 Å². The molecule has 2 aromatic carbocycles. The SMILES string of the molecule is CC(=C=CS(=O)(=O)c1ccc(C)cc1)C[Se]c1ccccc1. The fourth-order valence-electron chi connectivity index (χ4n) is 1.72. The summed E-state index contributed by atoms with van der Waals surface area (Å²) in [5.74, 6) is 0. The van der Waals surface area contributed by atoms with Crippen molar-refractivity contribution in [3.8, 4) is 0 Å². The minimum absolute atomic E-state index is 0.305. The Morgan fingerprint density at radius 3 is 2.36 bits per heavy atom. The van der Waals surface area contributed by atoms with Gasteiger partial charge in [-0.25, -0.2) is 0 Å². The van der Waals surface area contributed by atoms with Gasteiger partial charge in [0.25, 0.3) is 0 Å². The Kier molecular flexibility index (Phi) is 5.82. The van der Waals surface area contributed by atoms with Crippen molar-refractivity contribution in [2.75, 3.05) is 0 Å². The Labute approximate surface area is 138 Å². The molecular weight excluding hydrogens is 359 g/mol. The van der Waals surface area contributed by atoms with E-state index in [9.17, 15) is 8.42 Å². The zero-order valence-corrected chi connectivity index (χ0v) is 15.1. The van der Waals surface area contributed by atoms with Crippen molar-refractivity contribution in [3.05, 3.63) is 76.9 Å². The molecule has 114 valence electrons. The molecule has 0 heterocycles. The fraction of sp³-hybridized carbons (Fsp3) is 0.167. The third kappa shape index (κ3) is 5.01. The molecule has 0 fully saturated rings. The topological polar surface area (TPSA) is 34.1 Å². The summed E-state index contributed by atoms with van der Waals surface area (Å²) in [6.07, 6.45) is 0. The van der Waals surface area contributed by atoms with Crippen LogP contribution in [-0.2, 0) is 9.84 Å². The van der Waals surface area contributed by atoms with Crippen molar-refractivity contribution in [1.82, 2.24) is 0 Å². The molecule has 22 heavy (non-hydrogen) atoms. The van der Waals surface area contributed by atoms with Crippen molar-refractivity contribution in [1.29, 1.82) is 0 Å². The van der Waals surface area contributed by atoms with E-state index < -0.39 is 9.84 Å². The maximum atomic E-state index is 12.2. The normalized spacial score (nSPS) is 10.8. The van der Waals surface area contributed by atoms with Gasteiger partial charge in [-0.15, -0.1) is 0 Å². The van der Waals surface area contributed by atoms with E-state index >= 15 is 0 Å². The summed E-state index contributed by atoms with van der Waals surface area (Å²) in [5, 5.41) is 2.05. The van der Waals surface area contributed by atoms with Crippen LogP contribution < -0.4 is 4.46 Å². The van der Waals surface area contributed by atoms with Gasteiger partial charge in [0.05, 0.1) is 0 Å². The third-order valence-electron chi connectivity index (χ3n) is 3.01. The zero-order chi connectivity index (χ0) is 16.0. The number of aryl methyl sites for hydroxylation is 1. The predicted octanol–water partition coefficient (Wildman–Crippen LogP) is 3.28. The van der Waals surface area contributed by atoms with E-state index in [2.05, 4.69) is 17.9 Å². The summed E-state index contributed by atoms with van der Waals surface area (Å²) in [6, 6.07) is 17.1. The molecule has 0 aliphatic rings. The monoisotopic (exact) mass is 378 g/mol. The third-order valence-corrected chi connectivity index (χ3v) is 6.85. The molecular formula is C18H18O2SSe. The molecule has 0 radical (unpaired) electrons. The van der Waals surface area contributed by atoms with Gasteiger partial charge in [-0.05, 0) is 0 Å². The second kappa shape index (κ2) is 7.62. The zero-order valence-electron chi connectivity index (χ0n) is 12.6. The van der Waals surface area contributed by atoms with E-state index in [0.29, 0.717) is 19.9 Å². The van der Waals surface area contributed by atoms with Crippen LogP contribution in [0.5, 0.6) is 0 Å². The molecule has 0 saturated heterocycles. The summed E-state index contributed by atoms with van der Waals surface area (Å²) >= 11 is 0.305. The first kappa shape index (κ1) is 16.8. The number of rotatable bonds is 5. The molecule has 0 amide bonds. The second-order valence-electron chi connectivity index (χ2n) is 5.00. The van der Waals surface area contributed by atoms with Gasteiger partial charge in [-0.2, -0.15) is 0 Å². The van der Waals surface area contributed by atoms with Crippen LogP contribution in [0.1, 0.15) is 12.5 Å². The molecule has 0 N–H and O–H groups in total. The molecule has 0 aliphatic heterocycles. The van der Waals surface area contributed by atoms with Gasteiger partial charge in [0, 0.05) is 0 Å². The van der Waals surface area contributed by atoms with Crippen LogP contribution in [0, 0.1) is 6.92 Å². The fourth-order valence-corrected chi connectivity index (χ4v) is 4.44. The summed E-state index contributed by atoms with van der Waals surface area (Å²) < 4.78 is 25.7. The summed E-state index contributed by atoms with van der Waals surface area (Å²) in [5.41, 5.74) is 4.93. The van der Waals surface area contributed by atoms with Crippen LogP contribution in [0.2, 0.25) is 5.32 Å². The number of benzene rings is 2. The Morgan fingerprint density at radius 2 is 1.73 bits per heavy atom. The van der Waals surface area contributed by atoms with E-state index in [1.54, 1.807) is 24.3 Å². The molecule has 0 aliphatic carbocycles. The molecule has 4 heteroatoms. The van der Waals surface area contributed by atoms with Gasteiger partial charge in [-0.1, -0.05) is 0 Å². The number of hydrogen-bond acceptors (Lipinski definition) is 2. The van der Waals surface area contributed by atoms with Gasteiger partial charge in [-0.3, -0.25) is 0 Å². The first-order chi connectivity index (χ1) is 10.5.